The number of amides is 1. The standard InChI is InChI=1S/C18H29N3O2/c1-3-20-12-14-21(15-13-20)11-7-6-10-19-18(22)16-8-4-5-9-17(16)23-2/h4-5,8-9H,3,6-7,10-15H2,1-2H3,(H,19,22). The molecule has 23 heavy (non-hydrogen) atoms. The minimum atomic E-state index is -0.0565. The van der Waals surface area contributed by atoms with Crippen molar-refractivity contribution < 1.29 is 9.53 Å². The number of methoxy groups -OCH3 is 1. The monoisotopic (exact) mass is 319 g/mol. The number of nitrogens with zero attached hydrogens (tertiary/aromatic N) is 2. The van der Waals surface area contributed by atoms with Crippen LogP contribution in [-0.4, -0.2) is 68.6 Å². The zero-order valence-corrected chi connectivity index (χ0v) is 14.4. The van der Waals surface area contributed by atoms with Gasteiger partial charge < -0.3 is 19.9 Å². The second-order valence-electron chi connectivity index (χ2n) is 5.94. The van der Waals surface area contributed by atoms with Crippen LogP contribution in [0.2, 0.25) is 0 Å². The predicted molar refractivity (Wildman–Crippen MR) is 93.1 cm³/mol. The number of rotatable bonds is 8. The van der Waals surface area contributed by atoms with E-state index in [1.54, 1.807) is 13.2 Å². The van der Waals surface area contributed by atoms with Crippen molar-refractivity contribution in [2.75, 3.05) is 52.9 Å². The fraction of sp³-hybridized carbons (Fsp3) is 0.611. The van der Waals surface area contributed by atoms with E-state index >= 15 is 0 Å². The summed E-state index contributed by atoms with van der Waals surface area (Å²) in [4.78, 5) is 17.2. The van der Waals surface area contributed by atoms with Crippen LogP contribution in [0.4, 0.5) is 0 Å². The highest BCUT2D eigenvalue weighted by molar-refractivity contribution is 5.96. The minimum absolute atomic E-state index is 0.0565. The van der Waals surface area contributed by atoms with Crippen LogP contribution >= 0.6 is 0 Å². The Labute approximate surface area is 139 Å². The predicted octanol–water partition coefficient (Wildman–Crippen LogP) is 1.84. The summed E-state index contributed by atoms with van der Waals surface area (Å²) in [6.07, 6.45) is 2.13. The summed E-state index contributed by atoms with van der Waals surface area (Å²) in [6, 6.07) is 7.33. The highest BCUT2D eigenvalue weighted by atomic mass is 16.5. The van der Waals surface area contributed by atoms with Crippen LogP contribution in [0.5, 0.6) is 5.75 Å². The van der Waals surface area contributed by atoms with Gasteiger partial charge in [-0.05, 0) is 38.1 Å². The summed E-state index contributed by atoms with van der Waals surface area (Å²) in [5.74, 6) is 0.567. The summed E-state index contributed by atoms with van der Waals surface area (Å²) in [7, 11) is 1.59. The van der Waals surface area contributed by atoms with Gasteiger partial charge in [0.25, 0.3) is 5.91 Å². The molecule has 1 aromatic rings. The first-order valence-electron chi connectivity index (χ1n) is 8.60. The maximum Gasteiger partial charge on any atom is 0.255 e. The van der Waals surface area contributed by atoms with Crippen LogP contribution < -0.4 is 10.1 Å². The van der Waals surface area contributed by atoms with Gasteiger partial charge in [0.1, 0.15) is 5.75 Å². The first-order chi connectivity index (χ1) is 11.2. The highest BCUT2D eigenvalue weighted by Gasteiger charge is 2.14. The highest BCUT2D eigenvalue weighted by Crippen LogP contribution is 2.16. The maximum absolute atomic E-state index is 12.2. The number of carbonyl (C=O) groups excluding carboxylic acids is 1. The van der Waals surface area contributed by atoms with Crippen LogP contribution in [0.1, 0.15) is 30.1 Å². The Morgan fingerprint density at radius 3 is 2.52 bits per heavy atom. The molecule has 0 spiro atoms. The van der Waals surface area contributed by atoms with E-state index in [4.69, 9.17) is 4.74 Å². The van der Waals surface area contributed by atoms with E-state index < -0.39 is 0 Å². The first-order valence-corrected chi connectivity index (χ1v) is 8.60. The number of benzene rings is 1. The third kappa shape index (κ3) is 5.52. The molecule has 0 atom stereocenters. The fourth-order valence-corrected chi connectivity index (χ4v) is 2.92. The molecule has 1 aromatic carbocycles. The average Bonchev–Trinajstić information content (AvgIpc) is 2.61. The minimum Gasteiger partial charge on any atom is -0.496 e. The molecule has 1 N–H and O–H groups in total. The van der Waals surface area contributed by atoms with Crippen molar-refractivity contribution in [2.45, 2.75) is 19.8 Å². The molecule has 5 heteroatoms. The number of hydrogen-bond donors (Lipinski definition) is 1. The molecule has 5 nitrogen and oxygen atoms in total. The van der Waals surface area contributed by atoms with Crippen molar-refractivity contribution >= 4 is 5.91 Å². The molecule has 2 rings (SSSR count). The Hall–Kier alpha value is -1.59. The van der Waals surface area contributed by atoms with Gasteiger partial charge in [0, 0.05) is 32.7 Å². The Bertz CT molecular complexity index is 485. The van der Waals surface area contributed by atoms with E-state index in [1.165, 1.54) is 26.2 Å². The van der Waals surface area contributed by atoms with Gasteiger partial charge in [-0.2, -0.15) is 0 Å². The average molecular weight is 319 g/mol. The number of hydrogen-bond acceptors (Lipinski definition) is 4. The number of unbranched alkanes of at least 4 members (excludes halogenated alkanes) is 1. The van der Waals surface area contributed by atoms with Gasteiger partial charge in [0.05, 0.1) is 12.7 Å². The molecular weight excluding hydrogens is 290 g/mol. The Morgan fingerprint density at radius 2 is 1.83 bits per heavy atom. The molecule has 0 saturated carbocycles. The number of nitrogens with one attached hydrogen (secondary N) is 1. The summed E-state index contributed by atoms with van der Waals surface area (Å²) in [5, 5.41) is 2.98. The van der Waals surface area contributed by atoms with Crippen LogP contribution in [0.3, 0.4) is 0 Å². The zero-order valence-electron chi connectivity index (χ0n) is 14.4. The second kappa shape index (κ2) is 9.53. The van der Waals surface area contributed by atoms with Crippen LogP contribution in [0.25, 0.3) is 0 Å². The lowest BCUT2D eigenvalue weighted by Gasteiger charge is -2.33. The molecule has 0 unspecified atom stereocenters. The molecule has 1 fully saturated rings. The van der Waals surface area contributed by atoms with Gasteiger partial charge in [-0.15, -0.1) is 0 Å². The summed E-state index contributed by atoms with van der Waals surface area (Å²) in [5.41, 5.74) is 0.602. The topological polar surface area (TPSA) is 44.8 Å². The first kappa shape index (κ1) is 17.8. The summed E-state index contributed by atoms with van der Waals surface area (Å²) >= 11 is 0. The lowest BCUT2D eigenvalue weighted by atomic mass is 10.2. The van der Waals surface area contributed by atoms with Gasteiger partial charge >= 0.3 is 0 Å². The zero-order chi connectivity index (χ0) is 16.5. The third-order valence-electron chi connectivity index (χ3n) is 4.45. The molecule has 1 heterocycles. The van der Waals surface area contributed by atoms with E-state index in [1.807, 2.05) is 18.2 Å². The van der Waals surface area contributed by atoms with E-state index in [9.17, 15) is 4.79 Å². The number of carbonyl (C=O) groups is 1. The Kier molecular flexibility index (Phi) is 7.36. The molecule has 1 aliphatic heterocycles. The van der Waals surface area contributed by atoms with Gasteiger partial charge in [0.2, 0.25) is 0 Å². The van der Waals surface area contributed by atoms with Gasteiger partial charge in [0.15, 0.2) is 0 Å². The molecule has 0 aromatic heterocycles. The quantitative estimate of drug-likeness (QED) is 0.743. The number of likely N-dealkylation sites (N-methyl/N-ethyl adjacent to an activating group) is 1. The number of para-hydroxylation sites is 1. The molecule has 128 valence electrons. The van der Waals surface area contributed by atoms with Crippen molar-refractivity contribution in [1.29, 1.82) is 0 Å². The molecule has 0 bridgehead atoms. The largest absolute Gasteiger partial charge is 0.496 e. The molecule has 0 aliphatic carbocycles. The summed E-state index contributed by atoms with van der Waals surface area (Å²) in [6.45, 7) is 9.92. The van der Waals surface area contributed by atoms with Crippen molar-refractivity contribution in [3.8, 4) is 5.75 Å². The summed E-state index contributed by atoms with van der Waals surface area (Å²) < 4.78 is 5.22. The van der Waals surface area contributed by atoms with Crippen LogP contribution in [0, 0.1) is 0 Å². The van der Waals surface area contributed by atoms with Crippen LogP contribution in [0.15, 0.2) is 24.3 Å². The van der Waals surface area contributed by atoms with Crippen molar-refractivity contribution in [3.05, 3.63) is 29.8 Å². The molecule has 1 aliphatic rings. The normalized spacial score (nSPS) is 16.3. The Morgan fingerprint density at radius 1 is 1.13 bits per heavy atom. The van der Waals surface area contributed by atoms with Crippen molar-refractivity contribution in [1.82, 2.24) is 15.1 Å². The molecule has 1 amide bonds. The third-order valence-corrected chi connectivity index (χ3v) is 4.45. The van der Waals surface area contributed by atoms with E-state index in [-0.39, 0.29) is 5.91 Å². The number of ether oxygens (including phenoxy) is 1. The van der Waals surface area contributed by atoms with E-state index in [0.29, 0.717) is 17.9 Å². The molecule has 0 radical (unpaired) electrons. The van der Waals surface area contributed by atoms with Gasteiger partial charge in [-0.1, -0.05) is 19.1 Å². The smallest absolute Gasteiger partial charge is 0.255 e. The van der Waals surface area contributed by atoms with Gasteiger partial charge in [-0.25, -0.2) is 0 Å². The lowest BCUT2D eigenvalue weighted by Crippen LogP contribution is -2.46. The number of piperazine rings is 1. The van der Waals surface area contributed by atoms with Gasteiger partial charge in [-0.3, -0.25) is 4.79 Å². The van der Waals surface area contributed by atoms with Crippen LogP contribution in [-0.2, 0) is 0 Å². The van der Waals surface area contributed by atoms with E-state index in [0.717, 1.165) is 25.9 Å². The molecular formula is C18H29N3O2. The Balaban J connectivity index is 1.61. The van der Waals surface area contributed by atoms with E-state index in [2.05, 4.69) is 22.0 Å². The molecule has 1 saturated heterocycles. The van der Waals surface area contributed by atoms with Crippen molar-refractivity contribution in [2.24, 2.45) is 0 Å². The second-order valence-corrected chi connectivity index (χ2v) is 5.94. The maximum atomic E-state index is 12.2. The lowest BCUT2D eigenvalue weighted by molar-refractivity contribution is 0.0948. The fourth-order valence-electron chi connectivity index (χ4n) is 2.92. The van der Waals surface area contributed by atoms with Crippen molar-refractivity contribution in [3.63, 3.8) is 0 Å². The SMILES string of the molecule is CCN1CCN(CCCCNC(=O)c2ccccc2OC)CC1.